The van der Waals surface area contributed by atoms with Gasteiger partial charge in [0.25, 0.3) is 0 Å². The summed E-state index contributed by atoms with van der Waals surface area (Å²) in [5, 5.41) is 34.3. The third-order valence-corrected chi connectivity index (χ3v) is 4.17. The quantitative estimate of drug-likeness (QED) is 0.444. The minimum atomic E-state index is 0.0463. The maximum atomic E-state index is 10.7. The molecular formula is C20H14O3. The first-order valence-electron chi connectivity index (χ1n) is 7.31. The molecule has 0 unspecified atom stereocenters. The number of benzene rings is 4. The molecule has 3 N–H and O–H groups in total. The fourth-order valence-electron chi connectivity index (χ4n) is 3.07. The fraction of sp³-hybridized carbons (Fsp3) is 0. The van der Waals surface area contributed by atoms with Crippen molar-refractivity contribution in [3.63, 3.8) is 0 Å². The molecule has 0 aliphatic carbocycles. The van der Waals surface area contributed by atoms with Crippen LogP contribution in [0.2, 0.25) is 0 Å². The summed E-state index contributed by atoms with van der Waals surface area (Å²) in [5.41, 5.74) is 0.928. The Morgan fingerprint density at radius 1 is 0.565 bits per heavy atom. The second-order valence-corrected chi connectivity index (χ2v) is 5.52. The van der Waals surface area contributed by atoms with Crippen LogP contribution in [0.5, 0.6) is 17.2 Å². The van der Waals surface area contributed by atoms with Crippen molar-refractivity contribution in [1.82, 2.24) is 0 Å². The lowest BCUT2D eigenvalue weighted by Gasteiger charge is -2.14. The van der Waals surface area contributed by atoms with Gasteiger partial charge in [-0.3, -0.25) is 0 Å². The van der Waals surface area contributed by atoms with Crippen molar-refractivity contribution in [3.05, 3.63) is 66.7 Å². The topological polar surface area (TPSA) is 60.7 Å². The van der Waals surface area contributed by atoms with Gasteiger partial charge < -0.3 is 15.3 Å². The van der Waals surface area contributed by atoms with Gasteiger partial charge in [-0.2, -0.15) is 0 Å². The van der Waals surface area contributed by atoms with E-state index in [1.165, 1.54) is 6.07 Å². The Morgan fingerprint density at radius 3 is 2.00 bits per heavy atom. The van der Waals surface area contributed by atoms with Gasteiger partial charge in [0.15, 0.2) is 0 Å². The van der Waals surface area contributed by atoms with Crippen LogP contribution in [0, 0.1) is 0 Å². The van der Waals surface area contributed by atoms with Gasteiger partial charge in [-0.25, -0.2) is 0 Å². The molecule has 112 valence electrons. The molecule has 0 aromatic heterocycles. The van der Waals surface area contributed by atoms with E-state index in [2.05, 4.69) is 0 Å². The smallest absolute Gasteiger partial charge is 0.131 e. The second-order valence-electron chi connectivity index (χ2n) is 5.52. The highest BCUT2D eigenvalue weighted by molar-refractivity contribution is 6.06. The highest BCUT2D eigenvalue weighted by Gasteiger charge is 2.17. The Balaban J connectivity index is 2.15. The molecule has 0 bridgehead atoms. The average Bonchev–Trinajstić information content (AvgIpc) is 2.58. The third kappa shape index (κ3) is 1.98. The lowest BCUT2D eigenvalue weighted by molar-refractivity contribution is 0.467. The summed E-state index contributed by atoms with van der Waals surface area (Å²) in [6.45, 7) is 0. The Bertz CT molecular complexity index is 1050. The molecule has 0 aliphatic rings. The van der Waals surface area contributed by atoms with Crippen molar-refractivity contribution < 1.29 is 15.3 Å². The second kappa shape index (κ2) is 4.92. The third-order valence-electron chi connectivity index (χ3n) is 4.17. The minimum Gasteiger partial charge on any atom is -0.507 e. The first-order valence-corrected chi connectivity index (χ1v) is 7.31. The Morgan fingerprint density at radius 2 is 1.22 bits per heavy atom. The van der Waals surface area contributed by atoms with Crippen LogP contribution in [0.3, 0.4) is 0 Å². The SMILES string of the molecule is Oc1ccc2ccccc2c1-c1cc(O)c2ccccc2c1O. The van der Waals surface area contributed by atoms with Gasteiger partial charge in [0.05, 0.1) is 0 Å². The molecule has 4 rings (SSSR count). The van der Waals surface area contributed by atoms with Crippen LogP contribution >= 0.6 is 0 Å². The lowest BCUT2D eigenvalue weighted by Crippen LogP contribution is -1.86. The Hall–Kier alpha value is -3.20. The maximum Gasteiger partial charge on any atom is 0.131 e. The van der Waals surface area contributed by atoms with Gasteiger partial charge in [-0.1, -0.05) is 54.6 Å². The van der Waals surface area contributed by atoms with Crippen LogP contribution < -0.4 is 0 Å². The summed E-state index contributed by atoms with van der Waals surface area (Å²) in [4.78, 5) is 0. The molecule has 0 atom stereocenters. The minimum absolute atomic E-state index is 0.0463. The molecule has 0 aliphatic heterocycles. The predicted octanol–water partition coefficient (Wildman–Crippen LogP) is 4.78. The summed E-state index contributed by atoms with van der Waals surface area (Å²) in [6.07, 6.45) is 0. The van der Waals surface area contributed by atoms with Crippen molar-refractivity contribution in [2.45, 2.75) is 0 Å². The molecule has 0 heterocycles. The van der Waals surface area contributed by atoms with Gasteiger partial charge in [0, 0.05) is 21.9 Å². The number of aromatic hydroxyl groups is 3. The van der Waals surface area contributed by atoms with E-state index in [0.717, 1.165) is 10.8 Å². The van der Waals surface area contributed by atoms with Gasteiger partial charge in [-0.15, -0.1) is 0 Å². The molecule has 0 saturated carbocycles. The van der Waals surface area contributed by atoms with E-state index >= 15 is 0 Å². The largest absolute Gasteiger partial charge is 0.507 e. The molecule has 0 amide bonds. The van der Waals surface area contributed by atoms with Crippen molar-refractivity contribution in [2.75, 3.05) is 0 Å². The van der Waals surface area contributed by atoms with E-state index in [1.807, 2.05) is 30.3 Å². The van der Waals surface area contributed by atoms with Crippen molar-refractivity contribution >= 4 is 21.5 Å². The Kier molecular flexibility index (Phi) is 2.88. The zero-order valence-electron chi connectivity index (χ0n) is 12.2. The zero-order chi connectivity index (χ0) is 16.0. The number of phenols is 3. The van der Waals surface area contributed by atoms with Gasteiger partial charge >= 0.3 is 0 Å². The highest BCUT2D eigenvalue weighted by Crippen LogP contribution is 2.46. The molecule has 0 saturated heterocycles. The van der Waals surface area contributed by atoms with Crippen LogP contribution in [0.25, 0.3) is 32.7 Å². The molecular weight excluding hydrogens is 288 g/mol. The van der Waals surface area contributed by atoms with Gasteiger partial charge in [-0.05, 0) is 22.9 Å². The highest BCUT2D eigenvalue weighted by atomic mass is 16.3. The molecule has 4 aromatic rings. The molecule has 3 heteroatoms. The summed E-state index contributed by atoms with van der Waals surface area (Å²) >= 11 is 0. The summed E-state index contributed by atoms with van der Waals surface area (Å²) in [7, 11) is 0. The number of fused-ring (bicyclic) bond motifs is 2. The fourth-order valence-corrected chi connectivity index (χ4v) is 3.07. The predicted molar refractivity (Wildman–Crippen MR) is 91.9 cm³/mol. The van der Waals surface area contributed by atoms with E-state index in [-0.39, 0.29) is 17.2 Å². The standard InChI is InChI=1S/C20H14O3/c21-17-10-9-12-5-1-2-6-13(12)19(17)16-11-18(22)14-7-3-4-8-15(14)20(16)23/h1-11,21-23H. The number of hydrogen-bond donors (Lipinski definition) is 3. The first-order chi connectivity index (χ1) is 11.2. The molecule has 0 radical (unpaired) electrons. The van der Waals surface area contributed by atoms with Gasteiger partial charge in [0.2, 0.25) is 0 Å². The van der Waals surface area contributed by atoms with Gasteiger partial charge in [0.1, 0.15) is 17.2 Å². The normalized spacial score (nSPS) is 11.1. The molecule has 23 heavy (non-hydrogen) atoms. The number of phenolic OH excluding ortho intramolecular Hbond substituents is 3. The van der Waals surface area contributed by atoms with Crippen LogP contribution in [-0.4, -0.2) is 15.3 Å². The van der Waals surface area contributed by atoms with E-state index in [4.69, 9.17) is 0 Å². The average molecular weight is 302 g/mol. The Labute approximate surface area is 132 Å². The number of hydrogen-bond acceptors (Lipinski definition) is 3. The van der Waals surface area contributed by atoms with E-state index < -0.39 is 0 Å². The maximum absolute atomic E-state index is 10.7. The zero-order valence-corrected chi connectivity index (χ0v) is 12.2. The molecule has 3 nitrogen and oxygen atoms in total. The van der Waals surface area contributed by atoms with Crippen molar-refractivity contribution in [2.24, 2.45) is 0 Å². The van der Waals surface area contributed by atoms with Crippen LogP contribution in [0.4, 0.5) is 0 Å². The lowest BCUT2D eigenvalue weighted by atomic mass is 9.94. The van der Waals surface area contributed by atoms with Crippen molar-refractivity contribution in [1.29, 1.82) is 0 Å². The van der Waals surface area contributed by atoms with E-state index in [9.17, 15) is 15.3 Å². The molecule has 0 spiro atoms. The van der Waals surface area contributed by atoms with E-state index in [1.54, 1.807) is 30.3 Å². The molecule has 4 aromatic carbocycles. The summed E-state index contributed by atoms with van der Waals surface area (Å²) < 4.78 is 0. The monoisotopic (exact) mass is 302 g/mol. The van der Waals surface area contributed by atoms with Crippen molar-refractivity contribution in [3.8, 4) is 28.4 Å². The molecule has 0 fully saturated rings. The number of rotatable bonds is 1. The summed E-state index contributed by atoms with van der Waals surface area (Å²) in [5.74, 6) is 0.180. The summed E-state index contributed by atoms with van der Waals surface area (Å²) in [6, 6.07) is 19.6. The van der Waals surface area contributed by atoms with E-state index in [0.29, 0.717) is 21.9 Å². The van der Waals surface area contributed by atoms with Crippen LogP contribution in [-0.2, 0) is 0 Å². The van der Waals surface area contributed by atoms with Crippen LogP contribution in [0.15, 0.2) is 66.7 Å². The first kappa shape index (κ1) is 13.5. The van der Waals surface area contributed by atoms with Crippen LogP contribution in [0.1, 0.15) is 0 Å².